The van der Waals surface area contributed by atoms with Crippen molar-refractivity contribution in [2.24, 2.45) is 0 Å². The number of aromatic nitrogens is 2. The SMILES string of the molecule is CCn1cc([C@@H](C)NC(=S)NCCOC)c(C)n1. The molecule has 1 atom stereocenters. The lowest BCUT2D eigenvalue weighted by Crippen LogP contribution is -2.38. The summed E-state index contributed by atoms with van der Waals surface area (Å²) in [5, 5.41) is 11.4. The van der Waals surface area contributed by atoms with Gasteiger partial charge in [-0.05, 0) is 33.0 Å². The molecule has 1 rings (SSSR count). The fourth-order valence-corrected chi connectivity index (χ4v) is 1.99. The Labute approximate surface area is 114 Å². The van der Waals surface area contributed by atoms with Crippen LogP contribution in [0.5, 0.6) is 0 Å². The molecule has 0 aromatic carbocycles. The van der Waals surface area contributed by atoms with E-state index in [1.807, 2.05) is 11.6 Å². The van der Waals surface area contributed by atoms with Gasteiger partial charge in [0.2, 0.25) is 0 Å². The van der Waals surface area contributed by atoms with Gasteiger partial charge in [0.05, 0.1) is 18.3 Å². The van der Waals surface area contributed by atoms with Crippen LogP contribution in [0.2, 0.25) is 0 Å². The predicted octanol–water partition coefficient (Wildman–Crippen LogP) is 1.38. The zero-order chi connectivity index (χ0) is 13.5. The molecule has 0 bridgehead atoms. The number of hydrogen-bond donors (Lipinski definition) is 2. The lowest BCUT2D eigenvalue weighted by molar-refractivity contribution is 0.204. The van der Waals surface area contributed by atoms with Crippen LogP contribution < -0.4 is 10.6 Å². The zero-order valence-electron chi connectivity index (χ0n) is 11.5. The fraction of sp³-hybridized carbons (Fsp3) is 0.667. The molecule has 6 heteroatoms. The van der Waals surface area contributed by atoms with Crippen molar-refractivity contribution in [1.29, 1.82) is 0 Å². The summed E-state index contributed by atoms with van der Waals surface area (Å²) in [5.41, 5.74) is 2.21. The summed E-state index contributed by atoms with van der Waals surface area (Å²) in [6.07, 6.45) is 2.06. The average molecular weight is 270 g/mol. The Kier molecular flexibility index (Phi) is 6.07. The number of aryl methyl sites for hydroxylation is 2. The van der Waals surface area contributed by atoms with E-state index in [0.29, 0.717) is 18.3 Å². The minimum absolute atomic E-state index is 0.146. The minimum atomic E-state index is 0.146. The van der Waals surface area contributed by atoms with Crippen LogP contribution in [0.1, 0.15) is 31.1 Å². The van der Waals surface area contributed by atoms with Crippen LogP contribution in [-0.4, -0.2) is 35.2 Å². The van der Waals surface area contributed by atoms with E-state index in [1.54, 1.807) is 7.11 Å². The first-order chi connectivity index (χ1) is 8.58. The van der Waals surface area contributed by atoms with Crippen LogP contribution >= 0.6 is 12.2 Å². The first-order valence-corrected chi connectivity index (χ1v) is 6.56. The van der Waals surface area contributed by atoms with Crippen molar-refractivity contribution in [1.82, 2.24) is 20.4 Å². The molecular formula is C12H22N4OS. The number of ether oxygens (including phenoxy) is 1. The highest BCUT2D eigenvalue weighted by Gasteiger charge is 2.12. The molecule has 0 saturated heterocycles. The fourth-order valence-electron chi connectivity index (χ4n) is 1.71. The number of nitrogens with zero attached hydrogens (tertiary/aromatic N) is 2. The van der Waals surface area contributed by atoms with Gasteiger partial charge in [0.1, 0.15) is 0 Å². The van der Waals surface area contributed by atoms with E-state index in [-0.39, 0.29) is 6.04 Å². The Morgan fingerprint density at radius 3 is 2.89 bits per heavy atom. The van der Waals surface area contributed by atoms with E-state index < -0.39 is 0 Å². The average Bonchev–Trinajstić information content (AvgIpc) is 2.71. The van der Waals surface area contributed by atoms with Crippen LogP contribution in [0.25, 0.3) is 0 Å². The molecule has 0 unspecified atom stereocenters. The maximum absolute atomic E-state index is 5.22. The summed E-state index contributed by atoms with van der Waals surface area (Å²) >= 11 is 5.22. The van der Waals surface area contributed by atoms with Crippen molar-refractivity contribution in [3.05, 3.63) is 17.5 Å². The summed E-state index contributed by atoms with van der Waals surface area (Å²) < 4.78 is 6.89. The standard InChI is InChI=1S/C12H22N4OS/c1-5-16-8-11(10(3)15-16)9(2)14-12(18)13-6-7-17-4/h8-9H,5-7H2,1-4H3,(H2,13,14,18)/t9-/m1/s1. The minimum Gasteiger partial charge on any atom is -0.383 e. The van der Waals surface area contributed by atoms with Gasteiger partial charge in [-0.1, -0.05) is 0 Å². The van der Waals surface area contributed by atoms with Gasteiger partial charge in [-0.15, -0.1) is 0 Å². The van der Waals surface area contributed by atoms with E-state index in [4.69, 9.17) is 17.0 Å². The monoisotopic (exact) mass is 270 g/mol. The highest BCUT2D eigenvalue weighted by molar-refractivity contribution is 7.80. The molecule has 2 N–H and O–H groups in total. The molecule has 0 aliphatic heterocycles. The molecule has 0 aliphatic rings. The maximum atomic E-state index is 5.22. The molecule has 1 aromatic heterocycles. The number of methoxy groups -OCH3 is 1. The highest BCUT2D eigenvalue weighted by Crippen LogP contribution is 2.15. The van der Waals surface area contributed by atoms with Crippen LogP contribution in [-0.2, 0) is 11.3 Å². The van der Waals surface area contributed by atoms with Crippen LogP contribution in [0.4, 0.5) is 0 Å². The van der Waals surface area contributed by atoms with Gasteiger partial charge in [-0.2, -0.15) is 5.10 Å². The molecule has 0 saturated carbocycles. The summed E-state index contributed by atoms with van der Waals surface area (Å²) in [6.45, 7) is 8.40. The van der Waals surface area contributed by atoms with Gasteiger partial charge in [-0.3, -0.25) is 4.68 Å². The van der Waals surface area contributed by atoms with Crippen molar-refractivity contribution in [2.45, 2.75) is 33.4 Å². The third-order valence-corrected chi connectivity index (χ3v) is 2.98. The third kappa shape index (κ3) is 4.27. The smallest absolute Gasteiger partial charge is 0.166 e. The highest BCUT2D eigenvalue weighted by atomic mass is 32.1. The molecule has 102 valence electrons. The van der Waals surface area contributed by atoms with Gasteiger partial charge >= 0.3 is 0 Å². The topological polar surface area (TPSA) is 51.1 Å². The van der Waals surface area contributed by atoms with Gasteiger partial charge in [0, 0.05) is 32.0 Å². The van der Waals surface area contributed by atoms with E-state index >= 15 is 0 Å². The van der Waals surface area contributed by atoms with Gasteiger partial charge in [0.15, 0.2) is 5.11 Å². The molecule has 1 heterocycles. The molecular weight excluding hydrogens is 248 g/mol. The zero-order valence-corrected chi connectivity index (χ0v) is 12.3. The van der Waals surface area contributed by atoms with Gasteiger partial charge in [-0.25, -0.2) is 0 Å². The van der Waals surface area contributed by atoms with Crippen LogP contribution in [0.15, 0.2) is 6.20 Å². The summed E-state index contributed by atoms with van der Waals surface area (Å²) in [4.78, 5) is 0. The number of nitrogens with one attached hydrogen (secondary N) is 2. The third-order valence-electron chi connectivity index (χ3n) is 2.71. The Balaban J connectivity index is 2.50. The Bertz CT molecular complexity index is 391. The maximum Gasteiger partial charge on any atom is 0.166 e. The molecule has 1 aromatic rings. The predicted molar refractivity (Wildman–Crippen MR) is 76.7 cm³/mol. The molecule has 0 fully saturated rings. The van der Waals surface area contributed by atoms with E-state index in [9.17, 15) is 0 Å². The van der Waals surface area contributed by atoms with Crippen molar-refractivity contribution < 1.29 is 4.74 Å². The van der Waals surface area contributed by atoms with E-state index in [1.165, 1.54) is 5.56 Å². The van der Waals surface area contributed by atoms with E-state index in [0.717, 1.165) is 12.2 Å². The summed E-state index contributed by atoms with van der Waals surface area (Å²) in [5.74, 6) is 0. The first-order valence-electron chi connectivity index (χ1n) is 6.15. The largest absolute Gasteiger partial charge is 0.383 e. The summed E-state index contributed by atoms with van der Waals surface area (Å²) in [6, 6.07) is 0.146. The van der Waals surface area contributed by atoms with Crippen molar-refractivity contribution >= 4 is 17.3 Å². The Hall–Kier alpha value is -1.14. The molecule has 0 aliphatic carbocycles. The lowest BCUT2D eigenvalue weighted by Gasteiger charge is -2.16. The number of rotatable bonds is 6. The molecule has 18 heavy (non-hydrogen) atoms. The molecule has 0 radical (unpaired) electrons. The van der Waals surface area contributed by atoms with Crippen LogP contribution in [0, 0.1) is 6.92 Å². The van der Waals surface area contributed by atoms with Crippen molar-refractivity contribution in [2.75, 3.05) is 20.3 Å². The quantitative estimate of drug-likeness (QED) is 0.604. The number of hydrogen-bond acceptors (Lipinski definition) is 3. The Morgan fingerprint density at radius 1 is 1.61 bits per heavy atom. The molecule has 0 spiro atoms. The molecule has 5 nitrogen and oxygen atoms in total. The second-order valence-electron chi connectivity index (χ2n) is 4.14. The van der Waals surface area contributed by atoms with Gasteiger partial charge < -0.3 is 15.4 Å². The van der Waals surface area contributed by atoms with Gasteiger partial charge in [0.25, 0.3) is 0 Å². The normalized spacial score (nSPS) is 12.2. The second-order valence-corrected chi connectivity index (χ2v) is 4.55. The van der Waals surface area contributed by atoms with Crippen LogP contribution in [0.3, 0.4) is 0 Å². The summed E-state index contributed by atoms with van der Waals surface area (Å²) in [7, 11) is 1.67. The Morgan fingerprint density at radius 2 is 2.33 bits per heavy atom. The molecule has 0 amide bonds. The first kappa shape index (κ1) is 14.9. The van der Waals surface area contributed by atoms with E-state index in [2.05, 4.69) is 35.8 Å². The number of thiocarbonyl (C=S) groups is 1. The second kappa shape index (κ2) is 7.33. The lowest BCUT2D eigenvalue weighted by atomic mass is 10.1. The van der Waals surface area contributed by atoms with Crippen molar-refractivity contribution in [3.8, 4) is 0 Å². The van der Waals surface area contributed by atoms with Crippen molar-refractivity contribution in [3.63, 3.8) is 0 Å².